The zero-order valence-corrected chi connectivity index (χ0v) is 20.4. The molecule has 4 aromatic rings. The van der Waals surface area contributed by atoms with Crippen LogP contribution in [0, 0.1) is 6.92 Å². The summed E-state index contributed by atoms with van der Waals surface area (Å²) in [4.78, 5) is 28.5. The molecule has 184 valence electrons. The Balaban J connectivity index is 1.19. The monoisotopic (exact) mass is 483 g/mol. The van der Waals surface area contributed by atoms with Crippen LogP contribution in [0.2, 0.25) is 0 Å². The highest BCUT2D eigenvalue weighted by Gasteiger charge is 2.25. The third-order valence-corrected chi connectivity index (χ3v) is 6.99. The molecule has 36 heavy (non-hydrogen) atoms. The third kappa shape index (κ3) is 4.26. The molecule has 2 aromatic carbocycles. The van der Waals surface area contributed by atoms with Crippen molar-refractivity contribution in [2.45, 2.75) is 6.92 Å². The zero-order valence-electron chi connectivity index (χ0n) is 20.4. The topological polar surface area (TPSA) is 79.1 Å². The number of hydrogen-bond acceptors (Lipinski definition) is 7. The quantitative estimate of drug-likeness (QED) is 0.442. The Labute approximate surface area is 209 Å². The first-order valence-electron chi connectivity index (χ1n) is 12.4. The van der Waals surface area contributed by atoms with E-state index in [1.807, 2.05) is 46.7 Å². The van der Waals surface area contributed by atoms with E-state index in [-0.39, 0.29) is 5.91 Å². The van der Waals surface area contributed by atoms with Crippen molar-refractivity contribution in [1.29, 1.82) is 0 Å². The molecular weight excluding hydrogens is 454 g/mol. The predicted octanol–water partition coefficient (Wildman–Crippen LogP) is 2.90. The van der Waals surface area contributed by atoms with Crippen LogP contribution in [0.5, 0.6) is 0 Å². The van der Waals surface area contributed by atoms with Gasteiger partial charge >= 0.3 is 0 Å². The van der Waals surface area contributed by atoms with Gasteiger partial charge in [0.2, 0.25) is 5.95 Å². The SMILES string of the molecule is Cc1ccccc1C(=O)N1CCN(c2nc3nccc(-c4ccc(N5CCOCC5)cc4)n3n2)CC1. The lowest BCUT2D eigenvalue weighted by Crippen LogP contribution is -2.49. The molecule has 1 amide bonds. The number of piperazine rings is 1. The van der Waals surface area contributed by atoms with Gasteiger partial charge in [-0.2, -0.15) is 9.50 Å². The van der Waals surface area contributed by atoms with Crippen molar-refractivity contribution >= 4 is 23.3 Å². The maximum Gasteiger partial charge on any atom is 0.254 e. The van der Waals surface area contributed by atoms with Crippen LogP contribution >= 0.6 is 0 Å². The van der Waals surface area contributed by atoms with E-state index in [1.54, 1.807) is 6.20 Å². The molecule has 0 radical (unpaired) electrons. The molecule has 0 bridgehead atoms. The summed E-state index contributed by atoms with van der Waals surface area (Å²) in [6, 6.07) is 18.3. The Hall–Kier alpha value is -3.98. The highest BCUT2D eigenvalue weighted by molar-refractivity contribution is 5.95. The van der Waals surface area contributed by atoms with Crippen LogP contribution < -0.4 is 9.80 Å². The van der Waals surface area contributed by atoms with Crippen LogP contribution in [0.4, 0.5) is 11.6 Å². The molecule has 2 saturated heterocycles. The molecule has 6 rings (SSSR count). The average Bonchev–Trinajstić information content (AvgIpc) is 3.38. The fraction of sp³-hybridized carbons (Fsp3) is 0.333. The van der Waals surface area contributed by atoms with Crippen LogP contribution in [-0.2, 0) is 4.74 Å². The van der Waals surface area contributed by atoms with Gasteiger partial charge in [-0.05, 0) is 36.8 Å². The minimum atomic E-state index is 0.0835. The standard InChI is InChI=1S/C27H29N7O2/c1-20-4-2-3-5-23(20)25(35)32-12-14-33(15-13-32)27-29-26-28-11-10-24(34(26)30-27)21-6-8-22(9-7-21)31-16-18-36-19-17-31/h2-11H,12-19H2,1H3. The number of carbonyl (C=O) groups excluding carboxylic acids is 1. The summed E-state index contributed by atoms with van der Waals surface area (Å²) in [5, 5.41) is 4.81. The Morgan fingerprint density at radius 2 is 1.61 bits per heavy atom. The number of aromatic nitrogens is 4. The van der Waals surface area contributed by atoms with Gasteiger partial charge in [-0.25, -0.2) is 4.98 Å². The fourth-order valence-electron chi connectivity index (χ4n) is 4.89. The van der Waals surface area contributed by atoms with Crippen LogP contribution in [0.15, 0.2) is 60.8 Å². The van der Waals surface area contributed by atoms with Crippen molar-refractivity contribution in [2.24, 2.45) is 0 Å². The normalized spacial score (nSPS) is 16.5. The van der Waals surface area contributed by atoms with Gasteiger partial charge < -0.3 is 19.4 Å². The fourth-order valence-corrected chi connectivity index (χ4v) is 4.89. The van der Waals surface area contributed by atoms with Gasteiger partial charge in [-0.3, -0.25) is 4.79 Å². The van der Waals surface area contributed by atoms with Crippen LogP contribution in [0.1, 0.15) is 15.9 Å². The number of anilines is 2. The van der Waals surface area contributed by atoms with Gasteiger partial charge in [0.15, 0.2) is 0 Å². The van der Waals surface area contributed by atoms with Gasteiger partial charge in [-0.15, -0.1) is 5.10 Å². The first kappa shape index (κ1) is 22.5. The van der Waals surface area contributed by atoms with E-state index in [1.165, 1.54) is 5.69 Å². The lowest BCUT2D eigenvalue weighted by molar-refractivity contribution is 0.0745. The lowest BCUT2D eigenvalue weighted by atomic mass is 10.1. The van der Waals surface area contributed by atoms with E-state index in [0.717, 1.165) is 48.7 Å². The minimum absolute atomic E-state index is 0.0835. The number of aryl methyl sites for hydroxylation is 1. The molecule has 0 spiro atoms. The number of morpholine rings is 1. The number of hydrogen-bond donors (Lipinski definition) is 0. The maximum atomic E-state index is 13.0. The molecule has 0 unspecified atom stereocenters. The van der Waals surface area contributed by atoms with Crippen LogP contribution in [-0.4, -0.2) is 82.9 Å². The first-order valence-corrected chi connectivity index (χ1v) is 12.4. The summed E-state index contributed by atoms with van der Waals surface area (Å²) in [5.41, 5.74) is 4.98. The lowest BCUT2D eigenvalue weighted by Gasteiger charge is -2.34. The van der Waals surface area contributed by atoms with Crippen molar-refractivity contribution in [3.8, 4) is 11.3 Å². The van der Waals surface area contributed by atoms with Gasteiger partial charge in [0.05, 0.1) is 18.9 Å². The van der Waals surface area contributed by atoms with Gasteiger partial charge in [0.1, 0.15) is 0 Å². The maximum absolute atomic E-state index is 13.0. The molecule has 0 saturated carbocycles. The highest BCUT2D eigenvalue weighted by atomic mass is 16.5. The summed E-state index contributed by atoms with van der Waals surface area (Å²) in [5.74, 6) is 1.29. The van der Waals surface area contributed by atoms with Crippen molar-refractivity contribution in [2.75, 3.05) is 62.3 Å². The summed E-state index contributed by atoms with van der Waals surface area (Å²) >= 11 is 0. The highest BCUT2D eigenvalue weighted by Crippen LogP contribution is 2.25. The van der Waals surface area contributed by atoms with Crippen molar-refractivity contribution < 1.29 is 9.53 Å². The summed E-state index contributed by atoms with van der Waals surface area (Å²) in [6.07, 6.45) is 1.78. The number of benzene rings is 2. The molecule has 0 aliphatic carbocycles. The molecule has 0 atom stereocenters. The Morgan fingerprint density at radius 3 is 2.36 bits per heavy atom. The Bertz CT molecular complexity index is 1370. The van der Waals surface area contributed by atoms with Crippen molar-refractivity contribution in [3.05, 3.63) is 71.9 Å². The van der Waals surface area contributed by atoms with Crippen LogP contribution in [0.3, 0.4) is 0 Å². The number of nitrogens with zero attached hydrogens (tertiary/aromatic N) is 7. The van der Waals surface area contributed by atoms with Crippen LogP contribution in [0.25, 0.3) is 17.0 Å². The predicted molar refractivity (Wildman–Crippen MR) is 139 cm³/mol. The van der Waals surface area contributed by atoms with E-state index in [0.29, 0.717) is 37.9 Å². The number of rotatable bonds is 4. The first-order chi connectivity index (χ1) is 17.7. The van der Waals surface area contributed by atoms with E-state index in [2.05, 4.69) is 39.0 Å². The Kier molecular flexibility index (Phi) is 5.98. The Morgan fingerprint density at radius 1 is 0.861 bits per heavy atom. The zero-order chi connectivity index (χ0) is 24.5. The third-order valence-electron chi connectivity index (χ3n) is 6.99. The second kappa shape index (κ2) is 9.58. The summed E-state index contributed by atoms with van der Waals surface area (Å²) in [7, 11) is 0. The van der Waals surface area contributed by atoms with Crippen molar-refractivity contribution in [1.82, 2.24) is 24.5 Å². The second-order valence-corrected chi connectivity index (χ2v) is 9.19. The van der Waals surface area contributed by atoms with E-state index < -0.39 is 0 Å². The van der Waals surface area contributed by atoms with Gasteiger partial charge in [-0.1, -0.05) is 30.3 Å². The molecule has 0 N–H and O–H groups in total. The van der Waals surface area contributed by atoms with E-state index >= 15 is 0 Å². The second-order valence-electron chi connectivity index (χ2n) is 9.19. The number of fused-ring (bicyclic) bond motifs is 1. The number of ether oxygens (including phenoxy) is 1. The molecule has 4 heterocycles. The molecule has 2 fully saturated rings. The van der Waals surface area contributed by atoms with Gasteiger partial charge in [0.25, 0.3) is 11.7 Å². The smallest absolute Gasteiger partial charge is 0.254 e. The molecule has 9 nitrogen and oxygen atoms in total. The minimum Gasteiger partial charge on any atom is -0.378 e. The molecule has 2 aromatic heterocycles. The molecule has 9 heteroatoms. The summed E-state index contributed by atoms with van der Waals surface area (Å²) < 4.78 is 7.28. The van der Waals surface area contributed by atoms with Crippen molar-refractivity contribution in [3.63, 3.8) is 0 Å². The average molecular weight is 484 g/mol. The number of amides is 1. The van der Waals surface area contributed by atoms with Gasteiger partial charge in [0, 0.05) is 62.3 Å². The number of carbonyl (C=O) groups is 1. The molecule has 2 aliphatic rings. The molecular formula is C27H29N7O2. The molecule has 2 aliphatic heterocycles. The van der Waals surface area contributed by atoms with E-state index in [4.69, 9.17) is 14.8 Å². The summed E-state index contributed by atoms with van der Waals surface area (Å²) in [6.45, 7) is 7.95. The van der Waals surface area contributed by atoms with E-state index in [9.17, 15) is 4.79 Å². The largest absolute Gasteiger partial charge is 0.378 e.